The number of benzene rings is 2. The van der Waals surface area contributed by atoms with Crippen LogP contribution in [-0.2, 0) is 11.3 Å². The second kappa shape index (κ2) is 9.84. The van der Waals surface area contributed by atoms with E-state index in [1.54, 1.807) is 0 Å². The monoisotopic (exact) mass is 404 g/mol. The van der Waals surface area contributed by atoms with Gasteiger partial charge < -0.3 is 14.2 Å². The second-order valence-corrected chi connectivity index (χ2v) is 8.26. The van der Waals surface area contributed by atoms with Crippen molar-refractivity contribution in [2.45, 2.75) is 51.5 Å². The lowest BCUT2D eigenvalue weighted by Gasteiger charge is -2.32. The van der Waals surface area contributed by atoms with Gasteiger partial charge in [-0.05, 0) is 48.9 Å². The van der Waals surface area contributed by atoms with Gasteiger partial charge in [0.2, 0.25) is 0 Å². The summed E-state index contributed by atoms with van der Waals surface area (Å²) in [7, 11) is 0. The quantitative estimate of drug-likeness (QED) is 0.457. The van der Waals surface area contributed by atoms with E-state index < -0.39 is 0 Å². The molecular weight excluding hydrogens is 372 g/mol. The molecule has 0 aliphatic carbocycles. The van der Waals surface area contributed by atoms with Crippen molar-refractivity contribution in [2.75, 3.05) is 19.7 Å². The zero-order valence-electron chi connectivity index (χ0n) is 17.9. The largest absolute Gasteiger partial charge is 0.484 e. The van der Waals surface area contributed by atoms with Crippen LogP contribution < -0.4 is 4.74 Å². The Morgan fingerprint density at radius 3 is 2.50 bits per heavy atom. The van der Waals surface area contributed by atoms with Crippen LogP contribution in [0.25, 0.3) is 10.9 Å². The Balaban J connectivity index is 1.38. The number of aromatic nitrogens is 1. The molecule has 4 rings (SSSR count). The summed E-state index contributed by atoms with van der Waals surface area (Å²) in [5, 5.41) is 1.38. The highest BCUT2D eigenvalue weighted by atomic mass is 16.5. The van der Waals surface area contributed by atoms with Gasteiger partial charge >= 0.3 is 0 Å². The van der Waals surface area contributed by atoms with Crippen molar-refractivity contribution in [1.82, 2.24) is 9.47 Å². The lowest BCUT2D eigenvalue weighted by molar-refractivity contribution is -0.134. The van der Waals surface area contributed by atoms with Gasteiger partial charge in [-0.2, -0.15) is 0 Å². The molecule has 1 aliphatic heterocycles. The number of hydrogen-bond donors (Lipinski definition) is 0. The number of para-hydroxylation sites is 2. The lowest BCUT2D eigenvalue weighted by Crippen LogP contribution is -2.40. The highest BCUT2D eigenvalue weighted by Gasteiger charge is 2.26. The van der Waals surface area contributed by atoms with Crippen LogP contribution in [-0.4, -0.2) is 35.1 Å². The summed E-state index contributed by atoms with van der Waals surface area (Å²) < 4.78 is 8.08. The van der Waals surface area contributed by atoms with Crippen LogP contribution in [0.15, 0.2) is 60.8 Å². The molecule has 1 saturated heterocycles. The van der Waals surface area contributed by atoms with Crippen LogP contribution in [0.4, 0.5) is 0 Å². The van der Waals surface area contributed by atoms with Gasteiger partial charge in [0.05, 0.1) is 0 Å². The van der Waals surface area contributed by atoms with Crippen LogP contribution in [0.3, 0.4) is 0 Å². The number of carbonyl (C=O) groups is 1. The van der Waals surface area contributed by atoms with Crippen LogP contribution in [0.5, 0.6) is 5.75 Å². The first-order valence-corrected chi connectivity index (χ1v) is 11.3. The molecule has 2 heterocycles. The third-order valence-electron chi connectivity index (χ3n) is 6.21. The summed E-state index contributed by atoms with van der Waals surface area (Å²) in [5.74, 6) is 1.34. The molecule has 4 heteroatoms. The van der Waals surface area contributed by atoms with Crippen LogP contribution in [0.1, 0.15) is 50.5 Å². The van der Waals surface area contributed by atoms with Gasteiger partial charge in [0.1, 0.15) is 5.75 Å². The van der Waals surface area contributed by atoms with Crippen molar-refractivity contribution >= 4 is 16.8 Å². The maximum atomic E-state index is 12.6. The van der Waals surface area contributed by atoms with Crippen LogP contribution >= 0.6 is 0 Å². The number of ether oxygens (including phenoxy) is 1. The minimum absolute atomic E-state index is 0.0827. The van der Waals surface area contributed by atoms with Gasteiger partial charge in [-0.25, -0.2) is 0 Å². The van der Waals surface area contributed by atoms with Crippen molar-refractivity contribution in [2.24, 2.45) is 0 Å². The third-order valence-corrected chi connectivity index (χ3v) is 6.21. The molecule has 0 atom stereocenters. The fourth-order valence-corrected chi connectivity index (χ4v) is 4.51. The highest BCUT2D eigenvalue weighted by molar-refractivity contribution is 5.84. The number of hydrogen-bond acceptors (Lipinski definition) is 2. The van der Waals surface area contributed by atoms with Crippen molar-refractivity contribution < 1.29 is 9.53 Å². The number of amides is 1. The molecule has 0 bridgehead atoms. The number of rotatable bonds is 8. The number of piperidine rings is 1. The number of carbonyl (C=O) groups excluding carboxylic acids is 1. The zero-order valence-corrected chi connectivity index (χ0v) is 17.9. The van der Waals surface area contributed by atoms with Crippen molar-refractivity contribution in [1.29, 1.82) is 0 Å². The van der Waals surface area contributed by atoms with E-state index in [1.165, 1.54) is 35.7 Å². The summed E-state index contributed by atoms with van der Waals surface area (Å²) in [5.41, 5.74) is 2.80. The molecule has 0 saturated carbocycles. The van der Waals surface area contributed by atoms with Gasteiger partial charge in [-0.15, -0.1) is 0 Å². The van der Waals surface area contributed by atoms with Crippen molar-refractivity contribution in [3.63, 3.8) is 0 Å². The Morgan fingerprint density at radius 1 is 1.00 bits per heavy atom. The molecule has 2 aromatic carbocycles. The topological polar surface area (TPSA) is 34.5 Å². The molecule has 1 amide bonds. The first kappa shape index (κ1) is 20.5. The van der Waals surface area contributed by atoms with E-state index >= 15 is 0 Å². The van der Waals surface area contributed by atoms with Gasteiger partial charge in [0, 0.05) is 36.7 Å². The summed E-state index contributed by atoms with van der Waals surface area (Å²) in [4.78, 5) is 14.5. The lowest BCUT2D eigenvalue weighted by atomic mass is 9.89. The summed E-state index contributed by atoms with van der Waals surface area (Å²) in [6, 6.07) is 18.3. The minimum atomic E-state index is 0.0827. The van der Waals surface area contributed by atoms with Gasteiger partial charge in [0.25, 0.3) is 5.91 Å². The van der Waals surface area contributed by atoms with E-state index in [0.29, 0.717) is 5.92 Å². The molecule has 1 aliphatic rings. The molecule has 0 radical (unpaired) electrons. The van der Waals surface area contributed by atoms with E-state index in [0.717, 1.165) is 38.2 Å². The molecule has 30 heavy (non-hydrogen) atoms. The third kappa shape index (κ3) is 4.69. The van der Waals surface area contributed by atoms with Crippen LogP contribution in [0, 0.1) is 0 Å². The molecule has 3 aromatic rings. The average molecular weight is 405 g/mol. The Bertz CT molecular complexity index is 956. The van der Waals surface area contributed by atoms with E-state index in [4.69, 9.17) is 4.74 Å². The molecule has 0 N–H and O–H groups in total. The molecular formula is C26H32N2O2. The van der Waals surface area contributed by atoms with Gasteiger partial charge in [0.15, 0.2) is 6.61 Å². The molecule has 0 unspecified atom stereocenters. The fourth-order valence-electron chi connectivity index (χ4n) is 4.51. The van der Waals surface area contributed by atoms with Gasteiger partial charge in [-0.3, -0.25) is 4.79 Å². The first-order chi connectivity index (χ1) is 14.8. The minimum Gasteiger partial charge on any atom is -0.484 e. The number of unbranched alkanes of at least 4 members (excludes halogenated alkanes) is 2. The van der Waals surface area contributed by atoms with E-state index in [2.05, 4.69) is 42.0 Å². The Hall–Kier alpha value is -2.75. The highest BCUT2D eigenvalue weighted by Crippen LogP contribution is 2.34. The molecule has 0 spiro atoms. The normalized spacial score (nSPS) is 14.9. The van der Waals surface area contributed by atoms with E-state index in [1.807, 2.05) is 35.2 Å². The van der Waals surface area contributed by atoms with E-state index in [-0.39, 0.29) is 12.5 Å². The Labute approximate surface area is 179 Å². The number of likely N-dealkylation sites (tertiary alicyclic amines) is 1. The Kier molecular flexibility index (Phi) is 6.73. The summed E-state index contributed by atoms with van der Waals surface area (Å²) in [6.45, 7) is 5.06. The molecule has 1 aromatic heterocycles. The van der Waals surface area contributed by atoms with Gasteiger partial charge in [-0.1, -0.05) is 56.2 Å². The smallest absolute Gasteiger partial charge is 0.260 e. The predicted molar refractivity (Wildman–Crippen MR) is 122 cm³/mol. The number of aryl methyl sites for hydroxylation is 1. The van der Waals surface area contributed by atoms with Crippen LogP contribution in [0.2, 0.25) is 0 Å². The number of fused-ring (bicyclic) bond motifs is 1. The SMILES string of the molecule is CCCCCn1cc(C2CCN(C(=O)COc3ccccc3)CC2)c2ccccc21. The first-order valence-electron chi connectivity index (χ1n) is 11.3. The maximum Gasteiger partial charge on any atom is 0.260 e. The standard InChI is InChI=1S/C26H32N2O2/c1-2-3-9-16-28-19-24(23-12-7-8-13-25(23)28)21-14-17-27(18-15-21)26(29)20-30-22-10-5-4-6-11-22/h4-8,10-13,19,21H,2-3,9,14-18,20H2,1H3. The molecule has 1 fully saturated rings. The van der Waals surface area contributed by atoms with Crippen molar-refractivity contribution in [3.8, 4) is 5.75 Å². The Morgan fingerprint density at radius 2 is 1.73 bits per heavy atom. The zero-order chi connectivity index (χ0) is 20.8. The summed E-state index contributed by atoms with van der Waals surface area (Å²) >= 11 is 0. The van der Waals surface area contributed by atoms with Crippen molar-refractivity contribution in [3.05, 3.63) is 66.4 Å². The molecule has 4 nitrogen and oxygen atoms in total. The second-order valence-electron chi connectivity index (χ2n) is 8.26. The summed E-state index contributed by atoms with van der Waals surface area (Å²) in [6.07, 6.45) is 8.14. The molecule has 158 valence electrons. The average Bonchev–Trinajstić information content (AvgIpc) is 3.17. The number of nitrogens with zero attached hydrogens (tertiary/aromatic N) is 2. The maximum absolute atomic E-state index is 12.6. The van der Waals surface area contributed by atoms with E-state index in [9.17, 15) is 4.79 Å². The predicted octanol–water partition coefficient (Wildman–Crippen LogP) is 5.62. The fraction of sp³-hybridized carbons (Fsp3) is 0.423.